The van der Waals surface area contributed by atoms with Crippen molar-refractivity contribution in [1.82, 2.24) is 9.62 Å². The van der Waals surface area contributed by atoms with Crippen LogP contribution in [0.2, 0.25) is 5.02 Å². The van der Waals surface area contributed by atoms with Crippen molar-refractivity contribution in [3.8, 4) is 5.75 Å². The van der Waals surface area contributed by atoms with Crippen LogP contribution in [0.4, 0.5) is 0 Å². The predicted molar refractivity (Wildman–Crippen MR) is 84.0 cm³/mol. The second-order valence-corrected chi connectivity index (χ2v) is 7.86. The first-order valence-corrected chi connectivity index (χ1v) is 9.10. The third kappa shape index (κ3) is 4.10. The Bertz CT molecular complexity index is 564. The summed E-state index contributed by atoms with van der Waals surface area (Å²) in [7, 11) is -3.08. The number of hydrogen-bond acceptors (Lipinski definition) is 4. The lowest BCUT2D eigenvalue weighted by molar-refractivity contribution is 0.288. The topological polar surface area (TPSA) is 69.6 Å². The van der Waals surface area contributed by atoms with Gasteiger partial charge in [0, 0.05) is 36.3 Å². The number of sulfonamides is 1. The first kappa shape index (κ1) is 16.5. The maximum absolute atomic E-state index is 11.8. The zero-order valence-corrected chi connectivity index (χ0v) is 13.6. The van der Waals surface area contributed by atoms with E-state index in [9.17, 15) is 13.5 Å². The Hall–Kier alpha value is -0.820. The quantitative estimate of drug-likeness (QED) is 0.864. The van der Waals surface area contributed by atoms with E-state index in [0.29, 0.717) is 30.2 Å². The second-order valence-electron chi connectivity index (χ2n) is 5.19. The molecule has 1 saturated heterocycles. The second kappa shape index (κ2) is 6.96. The van der Waals surface area contributed by atoms with Gasteiger partial charge in [-0.15, -0.1) is 0 Å². The number of halogens is 1. The Labute approximate surface area is 131 Å². The number of rotatable bonds is 5. The summed E-state index contributed by atoms with van der Waals surface area (Å²) in [5, 5.41) is 13.7. The van der Waals surface area contributed by atoms with E-state index < -0.39 is 10.0 Å². The van der Waals surface area contributed by atoms with Crippen molar-refractivity contribution in [3.05, 3.63) is 28.8 Å². The molecule has 0 spiro atoms. The highest BCUT2D eigenvalue weighted by Gasteiger charge is 2.26. The van der Waals surface area contributed by atoms with Gasteiger partial charge in [-0.05, 0) is 31.9 Å². The summed E-state index contributed by atoms with van der Waals surface area (Å²) in [6.45, 7) is 3.24. The summed E-state index contributed by atoms with van der Waals surface area (Å²) in [4.78, 5) is 0. The smallest absolute Gasteiger partial charge is 0.213 e. The molecule has 1 aliphatic rings. The van der Waals surface area contributed by atoms with Crippen LogP contribution in [0.15, 0.2) is 18.2 Å². The van der Waals surface area contributed by atoms with Gasteiger partial charge in [0.1, 0.15) is 5.75 Å². The molecule has 0 atom stereocenters. The van der Waals surface area contributed by atoms with Gasteiger partial charge in [-0.1, -0.05) is 17.7 Å². The molecule has 1 aromatic rings. The molecule has 0 saturated carbocycles. The first-order valence-electron chi connectivity index (χ1n) is 7.11. The van der Waals surface area contributed by atoms with Gasteiger partial charge in [0.15, 0.2) is 0 Å². The van der Waals surface area contributed by atoms with Crippen molar-refractivity contribution in [1.29, 1.82) is 0 Å². The van der Waals surface area contributed by atoms with Gasteiger partial charge >= 0.3 is 0 Å². The molecule has 1 aliphatic heterocycles. The number of hydrogen-bond donors (Lipinski definition) is 2. The molecule has 7 heteroatoms. The van der Waals surface area contributed by atoms with Crippen LogP contribution in [0.3, 0.4) is 0 Å². The van der Waals surface area contributed by atoms with Crippen LogP contribution in [0.25, 0.3) is 0 Å². The fourth-order valence-corrected chi connectivity index (χ4v) is 3.86. The fraction of sp³-hybridized carbons (Fsp3) is 0.571. The zero-order valence-electron chi connectivity index (χ0n) is 12.0. The van der Waals surface area contributed by atoms with Crippen LogP contribution in [0.5, 0.6) is 5.75 Å². The van der Waals surface area contributed by atoms with E-state index in [1.165, 1.54) is 0 Å². The highest BCUT2D eigenvalue weighted by molar-refractivity contribution is 7.89. The van der Waals surface area contributed by atoms with Crippen molar-refractivity contribution in [3.63, 3.8) is 0 Å². The van der Waals surface area contributed by atoms with E-state index in [1.54, 1.807) is 29.4 Å². The van der Waals surface area contributed by atoms with Gasteiger partial charge in [-0.25, -0.2) is 12.7 Å². The lowest BCUT2D eigenvalue weighted by Gasteiger charge is -2.31. The Morgan fingerprint density at radius 3 is 2.62 bits per heavy atom. The maximum Gasteiger partial charge on any atom is 0.213 e. The average Bonchev–Trinajstić information content (AvgIpc) is 2.47. The van der Waals surface area contributed by atoms with Crippen LogP contribution < -0.4 is 5.32 Å². The molecule has 0 radical (unpaired) electrons. The minimum absolute atomic E-state index is 0.151. The lowest BCUT2D eigenvalue weighted by Crippen LogP contribution is -2.45. The normalized spacial score (nSPS) is 18.0. The maximum atomic E-state index is 11.8. The summed E-state index contributed by atoms with van der Waals surface area (Å²) in [6, 6.07) is 5.30. The van der Waals surface area contributed by atoms with Gasteiger partial charge in [-0.2, -0.15) is 0 Å². The number of benzene rings is 1. The molecule has 1 fully saturated rings. The summed E-state index contributed by atoms with van der Waals surface area (Å²) in [5.41, 5.74) is 0.683. The molecule has 0 bridgehead atoms. The van der Waals surface area contributed by atoms with E-state index in [4.69, 9.17) is 11.6 Å². The molecule has 2 N–H and O–H groups in total. The van der Waals surface area contributed by atoms with Crippen LogP contribution in [0, 0.1) is 0 Å². The predicted octanol–water partition coefficient (Wildman–Crippen LogP) is 1.95. The Morgan fingerprint density at radius 2 is 2.05 bits per heavy atom. The van der Waals surface area contributed by atoms with Crippen LogP contribution in [-0.2, 0) is 16.6 Å². The van der Waals surface area contributed by atoms with Crippen molar-refractivity contribution < 1.29 is 13.5 Å². The van der Waals surface area contributed by atoms with Gasteiger partial charge in [0.25, 0.3) is 0 Å². The molecular weight excluding hydrogens is 312 g/mol. The highest BCUT2D eigenvalue weighted by Crippen LogP contribution is 2.25. The molecule has 0 aromatic heterocycles. The van der Waals surface area contributed by atoms with Crippen LogP contribution >= 0.6 is 11.6 Å². The van der Waals surface area contributed by atoms with Crippen molar-refractivity contribution in [2.24, 2.45) is 0 Å². The molecule has 0 aliphatic carbocycles. The summed E-state index contributed by atoms with van der Waals surface area (Å²) < 4.78 is 25.1. The number of piperidine rings is 1. The van der Waals surface area contributed by atoms with E-state index in [1.807, 2.05) is 0 Å². The summed E-state index contributed by atoms with van der Waals surface area (Å²) in [6.07, 6.45) is 1.54. The van der Waals surface area contributed by atoms with E-state index >= 15 is 0 Å². The summed E-state index contributed by atoms with van der Waals surface area (Å²) in [5.74, 6) is 0.333. The van der Waals surface area contributed by atoms with E-state index in [0.717, 1.165) is 12.8 Å². The molecule has 118 valence electrons. The fourth-order valence-electron chi connectivity index (χ4n) is 2.49. The zero-order chi connectivity index (χ0) is 15.5. The van der Waals surface area contributed by atoms with E-state index in [-0.39, 0.29) is 17.5 Å². The number of nitrogens with zero attached hydrogens (tertiary/aromatic N) is 1. The lowest BCUT2D eigenvalue weighted by atomic mass is 10.1. The van der Waals surface area contributed by atoms with Crippen molar-refractivity contribution in [2.45, 2.75) is 32.4 Å². The third-order valence-corrected chi connectivity index (χ3v) is 6.11. The molecule has 2 rings (SSSR count). The van der Waals surface area contributed by atoms with Gasteiger partial charge < -0.3 is 10.4 Å². The molecule has 5 nitrogen and oxygen atoms in total. The largest absolute Gasteiger partial charge is 0.508 e. The minimum atomic E-state index is -3.08. The monoisotopic (exact) mass is 332 g/mol. The van der Waals surface area contributed by atoms with E-state index in [2.05, 4.69) is 5.32 Å². The Morgan fingerprint density at radius 1 is 1.38 bits per heavy atom. The van der Waals surface area contributed by atoms with Gasteiger partial charge in [-0.3, -0.25) is 0 Å². The summed E-state index contributed by atoms with van der Waals surface area (Å²) >= 11 is 6.06. The minimum Gasteiger partial charge on any atom is -0.508 e. The number of phenolic OH excluding ortho intramolecular Hbond substituents is 1. The molecule has 1 aromatic carbocycles. The van der Waals surface area contributed by atoms with Crippen molar-refractivity contribution >= 4 is 21.6 Å². The van der Waals surface area contributed by atoms with Crippen molar-refractivity contribution in [2.75, 3.05) is 18.8 Å². The highest BCUT2D eigenvalue weighted by atomic mass is 35.5. The molecule has 0 unspecified atom stereocenters. The third-order valence-electron chi connectivity index (χ3n) is 3.87. The van der Waals surface area contributed by atoms with Gasteiger partial charge in [0.2, 0.25) is 10.0 Å². The standard InChI is InChI=1S/C14H21ClN2O3S/c1-2-21(19,20)17-8-6-11(7-9-17)16-10-12-13(15)4-3-5-14(12)18/h3-5,11,16,18H,2,6-10H2,1H3. The number of phenols is 1. The first-order chi connectivity index (χ1) is 9.94. The molecule has 0 amide bonds. The van der Waals surface area contributed by atoms with Crippen LogP contribution in [-0.4, -0.2) is 42.7 Å². The Balaban J connectivity index is 1.87. The molecule has 1 heterocycles. The average molecular weight is 333 g/mol. The molecular formula is C14H21ClN2O3S. The van der Waals surface area contributed by atoms with Crippen LogP contribution in [0.1, 0.15) is 25.3 Å². The number of aromatic hydroxyl groups is 1. The SMILES string of the molecule is CCS(=O)(=O)N1CCC(NCc2c(O)cccc2Cl)CC1. The molecule has 21 heavy (non-hydrogen) atoms. The Kier molecular flexibility index (Phi) is 5.48. The van der Waals surface area contributed by atoms with Gasteiger partial charge in [0.05, 0.1) is 5.75 Å². The number of nitrogens with one attached hydrogen (secondary N) is 1.